The molecule has 1 aliphatic rings. The molecule has 2 aromatic rings. The molecule has 0 saturated heterocycles. The van der Waals surface area contributed by atoms with E-state index in [-0.39, 0.29) is 11.6 Å². The first kappa shape index (κ1) is 20.0. The molecular formula is C20H24N2O5S. The Labute approximate surface area is 165 Å². The van der Waals surface area contributed by atoms with Gasteiger partial charge in [-0.15, -0.1) is 0 Å². The minimum atomic E-state index is -3.78. The Morgan fingerprint density at radius 2 is 1.86 bits per heavy atom. The molecule has 0 unspecified atom stereocenters. The molecule has 150 valence electrons. The monoisotopic (exact) mass is 404 g/mol. The van der Waals surface area contributed by atoms with Gasteiger partial charge in [0.05, 0.1) is 26.2 Å². The van der Waals surface area contributed by atoms with Crippen molar-refractivity contribution in [2.75, 3.05) is 36.2 Å². The quantitative estimate of drug-likeness (QED) is 0.739. The number of ether oxygens (including phenoxy) is 2. The van der Waals surface area contributed by atoms with Gasteiger partial charge in [0.25, 0.3) is 5.91 Å². The first-order chi connectivity index (χ1) is 13.3. The van der Waals surface area contributed by atoms with E-state index in [2.05, 4.69) is 0 Å². The third kappa shape index (κ3) is 3.64. The summed E-state index contributed by atoms with van der Waals surface area (Å²) in [4.78, 5) is 14.9. The van der Waals surface area contributed by atoms with Gasteiger partial charge in [0.15, 0.2) is 0 Å². The molecule has 1 aliphatic heterocycles. The number of carbonyl (C=O) groups excluding carboxylic acids is 1. The Bertz CT molecular complexity index is 990. The minimum absolute atomic E-state index is 0.262. The van der Waals surface area contributed by atoms with Crippen LogP contribution >= 0.6 is 0 Å². The highest BCUT2D eigenvalue weighted by Crippen LogP contribution is 2.36. The van der Waals surface area contributed by atoms with E-state index in [0.29, 0.717) is 18.0 Å². The molecule has 0 bridgehead atoms. The summed E-state index contributed by atoms with van der Waals surface area (Å²) < 4.78 is 37.0. The second-order valence-corrected chi connectivity index (χ2v) is 8.50. The van der Waals surface area contributed by atoms with Crippen molar-refractivity contribution in [3.63, 3.8) is 0 Å². The van der Waals surface area contributed by atoms with Gasteiger partial charge in [-0.1, -0.05) is 18.2 Å². The van der Waals surface area contributed by atoms with E-state index in [0.717, 1.165) is 28.2 Å². The van der Waals surface area contributed by atoms with E-state index < -0.39 is 16.1 Å². The zero-order chi connectivity index (χ0) is 20.5. The van der Waals surface area contributed by atoms with Gasteiger partial charge in [-0.25, -0.2) is 8.42 Å². The molecule has 0 radical (unpaired) electrons. The van der Waals surface area contributed by atoms with E-state index in [4.69, 9.17) is 9.47 Å². The van der Waals surface area contributed by atoms with Crippen molar-refractivity contribution in [1.82, 2.24) is 0 Å². The van der Waals surface area contributed by atoms with E-state index in [1.54, 1.807) is 30.0 Å². The van der Waals surface area contributed by atoms with Crippen molar-refractivity contribution in [1.29, 1.82) is 0 Å². The molecule has 8 heteroatoms. The Hall–Kier alpha value is -2.74. The third-order valence-corrected chi connectivity index (χ3v) is 6.07. The van der Waals surface area contributed by atoms with Gasteiger partial charge in [-0.2, -0.15) is 0 Å². The van der Waals surface area contributed by atoms with Crippen LogP contribution in [0.25, 0.3) is 0 Å². The Balaban J connectivity index is 2.03. The number of nitrogens with zero attached hydrogens (tertiary/aromatic N) is 2. The normalized spacial score (nSPS) is 14.4. The molecule has 1 heterocycles. The smallest absolute Gasteiger partial charge is 0.250 e. The highest BCUT2D eigenvalue weighted by Gasteiger charge is 2.36. The number of carbonyl (C=O) groups is 1. The number of fused-ring (bicyclic) bond motifs is 1. The van der Waals surface area contributed by atoms with Crippen molar-refractivity contribution in [3.8, 4) is 11.5 Å². The van der Waals surface area contributed by atoms with Gasteiger partial charge in [0, 0.05) is 18.3 Å². The van der Waals surface area contributed by atoms with Crippen LogP contribution in [0.15, 0.2) is 42.5 Å². The summed E-state index contributed by atoms with van der Waals surface area (Å²) in [6, 6.07) is 11.6. The molecule has 7 nitrogen and oxygen atoms in total. The second-order valence-electron chi connectivity index (χ2n) is 6.64. The van der Waals surface area contributed by atoms with E-state index >= 15 is 0 Å². The number of anilines is 2. The van der Waals surface area contributed by atoms with Crippen LogP contribution in [-0.4, -0.2) is 47.4 Å². The summed E-state index contributed by atoms with van der Waals surface area (Å²) in [5.74, 6) is 0.517. The molecule has 0 spiro atoms. The van der Waals surface area contributed by atoms with Crippen LogP contribution < -0.4 is 18.7 Å². The van der Waals surface area contributed by atoms with Crippen LogP contribution in [0.3, 0.4) is 0 Å². The zero-order valence-corrected chi connectivity index (χ0v) is 17.2. The maximum absolute atomic E-state index is 13.3. The fourth-order valence-electron chi connectivity index (χ4n) is 3.54. The van der Waals surface area contributed by atoms with Crippen LogP contribution in [0.1, 0.15) is 12.5 Å². The number of benzene rings is 2. The Morgan fingerprint density at radius 1 is 1.14 bits per heavy atom. The van der Waals surface area contributed by atoms with E-state index in [9.17, 15) is 13.2 Å². The first-order valence-corrected chi connectivity index (χ1v) is 10.7. The van der Waals surface area contributed by atoms with Gasteiger partial charge < -0.3 is 14.4 Å². The molecule has 0 aliphatic carbocycles. The maximum atomic E-state index is 13.3. The lowest BCUT2D eigenvalue weighted by atomic mass is 10.2. The number of methoxy groups -OCH3 is 2. The first-order valence-electron chi connectivity index (χ1n) is 8.88. The number of amides is 1. The molecule has 1 atom stereocenters. The number of hydrogen-bond donors (Lipinski definition) is 0. The van der Waals surface area contributed by atoms with Crippen molar-refractivity contribution in [2.45, 2.75) is 19.4 Å². The van der Waals surface area contributed by atoms with Gasteiger partial charge in [0.2, 0.25) is 10.0 Å². The number of para-hydroxylation sites is 1. The minimum Gasteiger partial charge on any atom is -0.497 e. The van der Waals surface area contributed by atoms with E-state index in [1.165, 1.54) is 14.2 Å². The molecule has 0 saturated carbocycles. The van der Waals surface area contributed by atoms with Crippen LogP contribution in [-0.2, 0) is 21.2 Å². The van der Waals surface area contributed by atoms with Crippen LogP contribution in [0.5, 0.6) is 11.5 Å². The molecular weight excluding hydrogens is 380 g/mol. The Kier molecular flexibility index (Phi) is 5.51. The van der Waals surface area contributed by atoms with Crippen molar-refractivity contribution < 1.29 is 22.7 Å². The second kappa shape index (κ2) is 7.71. The molecule has 1 amide bonds. The molecule has 28 heavy (non-hydrogen) atoms. The lowest BCUT2D eigenvalue weighted by molar-refractivity contribution is -0.119. The predicted octanol–water partition coefficient (Wildman–Crippen LogP) is 2.45. The summed E-state index contributed by atoms with van der Waals surface area (Å²) >= 11 is 0. The summed E-state index contributed by atoms with van der Waals surface area (Å²) in [6.07, 6.45) is 1.82. The third-order valence-electron chi connectivity index (χ3n) is 4.84. The summed E-state index contributed by atoms with van der Waals surface area (Å²) in [5.41, 5.74) is 2.16. The van der Waals surface area contributed by atoms with E-state index in [1.807, 2.05) is 24.3 Å². The molecule has 3 rings (SSSR count). The molecule has 0 N–H and O–H groups in total. The zero-order valence-electron chi connectivity index (χ0n) is 16.4. The van der Waals surface area contributed by atoms with Gasteiger partial charge in [-0.3, -0.25) is 9.10 Å². The fraction of sp³-hybridized carbons (Fsp3) is 0.350. The number of sulfonamides is 1. The summed E-state index contributed by atoms with van der Waals surface area (Å²) in [7, 11) is -0.831. The van der Waals surface area contributed by atoms with Gasteiger partial charge in [-0.05, 0) is 37.1 Å². The van der Waals surface area contributed by atoms with Crippen molar-refractivity contribution in [3.05, 3.63) is 48.0 Å². The fourth-order valence-corrected chi connectivity index (χ4v) is 4.70. The SMILES string of the molecule is COc1ccc(OC)c(N([C@@H](C)C(=O)N2CCc3ccccc32)S(C)(=O)=O)c1. The van der Waals surface area contributed by atoms with Crippen LogP contribution in [0.4, 0.5) is 11.4 Å². The van der Waals surface area contributed by atoms with Crippen molar-refractivity contribution >= 4 is 27.3 Å². The largest absolute Gasteiger partial charge is 0.497 e. The predicted molar refractivity (Wildman–Crippen MR) is 109 cm³/mol. The van der Waals surface area contributed by atoms with Crippen LogP contribution in [0, 0.1) is 0 Å². The maximum Gasteiger partial charge on any atom is 0.250 e. The van der Waals surface area contributed by atoms with Crippen LogP contribution in [0.2, 0.25) is 0 Å². The van der Waals surface area contributed by atoms with Crippen molar-refractivity contribution in [2.24, 2.45) is 0 Å². The Morgan fingerprint density at radius 3 is 2.50 bits per heavy atom. The molecule has 0 fully saturated rings. The number of hydrogen-bond acceptors (Lipinski definition) is 5. The average molecular weight is 404 g/mol. The molecule has 0 aromatic heterocycles. The average Bonchev–Trinajstić information content (AvgIpc) is 3.10. The summed E-state index contributed by atoms with van der Waals surface area (Å²) in [6.45, 7) is 2.11. The molecule has 2 aromatic carbocycles. The highest BCUT2D eigenvalue weighted by atomic mass is 32.2. The van der Waals surface area contributed by atoms with Gasteiger partial charge >= 0.3 is 0 Å². The lowest BCUT2D eigenvalue weighted by Gasteiger charge is -2.32. The standard InChI is InChI=1S/C20H24N2O5S/c1-14(20(23)21-12-11-15-7-5-6-8-17(15)21)22(28(4,24)25)18-13-16(26-2)9-10-19(18)27-3/h5-10,13-14H,11-12H2,1-4H3/t14-/m0/s1. The topological polar surface area (TPSA) is 76.2 Å². The number of rotatable bonds is 6. The summed E-state index contributed by atoms with van der Waals surface area (Å²) in [5, 5.41) is 0. The lowest BCUT2D eigenvalue weighted by Crippen LogP contribution is -2.49. The van der Waals surface area contributed by atoms with Gasteiger partial charge in [0.1, 0.15) is 17.5 Å². The highest BCUT2D eigenvalue weighted by molar-refractivity contribution is 7.92.